The second-order valence-electron chi connectivity index (χ2n) is 3.25. The molecular formula is C10H12N4OS. The second-order valence-corrected chi connectivity index (χ2v) is 4.03. The molecule has 0 aromatic carbocycles. The number of hydrogen-bond acceptors (Lipinski definition) is 4. The van der Waals surface area contributed by atoms with Gasteiger partial charge in [0.05, 0.1) is 11.4 Å². The minimum Gasteiger partial charge on any atom is -0.396 e. The van der Waals surface area contributed by atoms with Gasteiger partial charge in [0, 0.05) is 18.1 Å². The summed E-state index contributed by atoms with van der Waals surface area (Å²) in [6.45, 7) is 2.63. The maximum atomic E-state index is 11.8. The minimum atomic E-state index is -0.275. The van der Waals surface area contributed by atoms with Gasteiger partial charge in [-0.05, 0) is 18.4 Å². The van der Waals surface area contributed by atoms with Gasteiger partial charge in [0.15, 0.2) is 5.69 Å². The summed E-state index contributed by atoms with van der Waals surface area (Å²) in [4.78, 5) is 11.8. The number of carbonyl (C=O) groups excluding carboxylic acids is 1. The first-order valence-corrected chi connectivity index (χ1v) is 5.81. The Morgan fingerprint density at radius 2 is 2.50 bits per heavy atom. The van der Waals surface area contributed by atoms with Crippen molar-refractivity contribution in [2.45, 2.75) is 13.5 Å². The lowest BCUT2D eigenvalue weighted by Gasteiger charge is -1.99. The summed E-state index contributed by atoms with van der Waals surface area (Å²) in [5.41, 5.74) is 7.14. The highest BCUT2D eigenvalue weighted by Gasteiger charge is 2.14. The molecule has 16 heavy (non-hydrogen) atoms. The Bertz CT molecular complexity index is 489. The Morgan fingerprint density at radius 1 is 1.69 bits per heavy atom. The number of rotatable bonds is 3. The van der Waals surface area contributed by atoms with E-state index in [4.69, 9.17) is 5.73 Å². The van der Waals surface area contributed by atoms with Crippen LogP contribution in [0, 0.1) is 0 Å². The van der Waals surface area contributed by atoms with Crippen LogP contribution in [0.2, 0.25) is 0 Å². The van der Waals surface area contributed by atoms with Gasteiger partial charge in [0.25, 0.3) is 5.91 Å². The van der Waals surface area contributed by atoms with Crippen LogP contribution in [0.25, 0.3) is 0 Å². The summed E-state index contributed by atoms with van der Waals surface area (Å²) < 4.78 is 1.64. The van der Waals surface area contributed by atoms with Crippen LogP contribution in [0.1, 0.15) is 17.4 Å². The van der Waals surface area contributed by atoms with Crippen molar-refractivity contribution in [1.82, 2.24) is 9.78 Å². The van der Waals surface area contributed by atoms with Crippen LogP contribution in [0.4, 0.5) is 11.4 Å². The molecule has 2 aromatic heterocycles. The van der Waals surface area contributed by atoms with E-state index in [0.717, 1.165) is 5.69 Å². The van der Waals surface area contributed by atoms with E-state index in [0.29, 0.717) is 12.2 Å². The topological polar surface area (TPSA) is 72.9 Å². The molecule has 84 valence electrons. The molecule has 5 nitrogen and oxygen atoms in total. The lowest BCUT2D eigenvalue weighted by molar-refractivity contribution is 0.102. The van der Waals surface area contributed by atoms with E-state index >= 15 is 0 Å². The Labute approximate surface area is 96.9 Å². The quantitative estimate of drug-likeness (QED) is 0.853. The summed E-state index contributed by atoms with van der Waals surface area (Å²) in [5.74, 6) is -0.275. The van der Waals surface area contributed by atoms with Crippen LogP contribution in [-0.2, 0) is 6.54 Å². The van der Waals surface area contributed by atoms with Gasteiger partial charge in [-0.25, -0.2) is 0 Å². The Morgan fingerprint density at radius 3 is 3.06 bits per heavy atom. The van der Waals surface area contributed by atoms with Crippen LogP contribution in [0.5, 0.6) is 0 Å². The molecule has 3 N–H and O–H groups in total. The smallest absolute Gasteiger partial charge is 0.278 e. The predicted molar refractivity (Wildman–Crippen MR) is 64.6 cm³/mol. The molecule has 6 heteroatoms. The van der Waals surface area contributed by atoms with Gasteiger partial charge >= 0.3 is 0 Å². The molecule has 2 rings (SSSR count). The van der Waals surface area contributed by atoms with Crippen molar-refractivity contribution in [2.75, 3.05) is 11.1 Å². The minimum absolute atomic E-state index is 0.271. The number of nitrogens with two attached hydrogens (primary N) is 1. The first-order chi connectivity index (χ1) is 7.70. The number of nitrogen functional groups attached to an aromatic ring is 1. The van der Waals surface area contributed by atoms with Gasteiger partial charge in [-0.3, -0.25) is 9.48 Å². The Hall–Kier alpha value is -1.82. The van der Waals surface area contributed by atoms with Gasteiger partial charge in [-0.2, -0.15) is 16.4 Å². The third kappa shape index (κ3) is 2.06. The molecule has 0 aliphatic heterocycles. The number of thiophene rings is 1. The van der Waals surface area contributed by atoms with E-state index in [2.05, 4.69) is 10.4 Å². The molecule has 0 aliphatic rings. The summed E-state index contributed by atoms with van der Waals surface area (Å²) in [5, 5.41) is 10.6. The number of amides is 1. The molecule has 0 fully saturated rings. The van der Waals surface area contributed by atoms with Crippen molar-refractivity contribution in [1.29, 1.82) is 0 Å². The third-order valence-corrected chi connectivity index (χ3v) is 2.79. The van der Waals surface area contributed by atoms with E-state index < -0.39 is 0 Å². The number of hydrogen-bond donors (Lipinski definition) is 2. The molecular weight excluding hydrogens is 224 g/mol. The summed E-state index contributed by atoms with van der Waals surface area (Å²) in [6.07, 6.45) is 1.66. The fourth-order valence-electron chi connectivity index (χ4n) is 1.30. The molecule has 0 saturated heterocycles. The van der Waals surface area contributed by atoms with Gasteiger partial charge in [-0.1, -0.05) is 0 Å². The van der Waals surface area contributed by atoms with Crippen LogP contribution in [0.3, 0.4) is 0 Å². The average Bonchev–Trinajstić information content (AvgIpc) is 2.87. The lowest BCUT2D eigenvalue weighted by atomic mass is 10.3. The van der Waals surface area contributed by atoms with E-state index in [1.54, 1.807) is 10.9 Å². The van der Waals surface area contributed by atoms with Crippen molar-refractivity contribution in [3.63, 3.8) is 0 Å². The molecule has 0 unspecified atom stereocenters. The highest BCUT2D eigenvalue weighted by molar-refractivity contribution is 7.08. The highest BCUT2D eigenvalue weighted by Crippen LogP contribution is 2.15. The Balaban J connectivity index is 2.17. The first kappa shape index (κ1) is 10.7. The van der Waals surface area contributed by atoms with Crippen LogP contribution >= 0.6 is 11.3 Å². The maximum absolute atomic E-state index is 11.8. The summed E-state index contributed by atoms with van der Waals surface area (Å²) in [7, 11) is 0. The van der Waals surface area contributed by atoms with Crippen molar-refractivity contribution in [3.05, 3.63) is 28.7 Å². The monoisotopic (exact) mass is 236 g/mol. The normalized spacial score (nSPS) is 10.3. The number of aromatic nitrogens is 2. The zero-order valence-electron chi connectivity index (χ0n) is 8.80. The van der Waals surface area contributed by atoms with Gasteiger partial charge in [0.1, 0.15) is 0 Å². The van der Waals surface area contributed by atoms with Gasteiger partial charge < -0.3 is 11.1 Å². The van der Waals surface area contributed by atoms with E-state index in [1.807, 2.05) is 23.8 Å². The summed E-state index contributed by atoms with van der Waals surface area (Å²) in [6, 6.07) is 1.83. The lowest BCUT2D eigenvalue weighted by Crippen LogP contribution is -2.14. The first-order valence-electron chi connectivity index (χ1n) is 4.87. The number of nitrogens with one attached hydrogen (secondary N) is 1. The van der Waals surface area contributed by atoms with Crippen LogP contribution < -0.4 is 11.1 Å². The second kappa shape index (κ2) is 4.36. The maximum Gasteiger partial charge on any atom is 0.278 e. The standard InChI is InChI=1S/C10H12N4OS/c1-2-14-5-8(11)9(13-14)10(15)12-7-3-4-16-6-7/h3-6H,2,11H2,1H3,(H,12,15). The van der Waals surface area contributed by atoms with Gasteiger partial charge in [-0.15, -0.1) is 0 Å². The molecule has 1 amide bonds. The fourth-order valence-corrected chi connectivity index (χ4v) is 1.89. The van der Waals surface area contributed by atoms with Crippen molar-refractivity contribution in [2.24, 2.45) is 0 Å². The number of aryl methyl sites for hydroxylation is 1. The average molecular weight is 236 g/mol. The van der Waals surface area contributed by atoms with Crippen molar-refractivity contribution in [3.8, 4) is 0 Å². The molecule has 0 spiro atoms. The molecule has 0 bridgehead atoms. The fraction of sp³-hybridized carbons (Fsp3) is 0.200. The largest absolute Gasteiger partial charge is 0.396 e. The van der Waals surface area contributed by atoms with E-state index in [9.17, 15) is 4.79 Å². The molecule has 0 saturated carbocycles. The van der Waals surface area contributed by atoms with Crippen molar-refractivity contribution >= 4 is 28.6 Å². The molecule has 2 heterocycles. The SMILES string of the molecule is CCn1cc(N)c(C(=O)Nc2ccsc2)n1. The predicted octanol–water partition coefficient (Wildman–Crippen LogP) is 1.80. The zero-order valence-corrected chi connectivity index (χ0v) is 9.62. The van der Waals surface area contributed by atoms with Gasteiger partial charge in [0.2, 0.25) is 0 Å². The number of anilines is 2. The van der Waals surface area contributed by atoms with E-state index in [-0.39, 0.29) is 11.6 Å². The number of nitrogens with zero attached hydrogens (tertiary/aromatic N) is 2. The molecule has 0 aliphatic carbocycles. The third-order valence-electron chi connectivity index (χ3n) is 2.11. The zero-order chi connectivity index (χ0) is 11.5. The molecule has 0 radical (unpaired) electrons. The summed E-state index contributed by atoms with van der Waals surface area (Å²) >= 11 is 1.52. The molecule has 0 atom stereocenters. The highest BCUT2D eigenvalue weighted by atomic mass is 32.1. The number of carbonyl (C=O) groups is 1. The van der Waals surface area contributed by atoms with E-state index in [1.165, 1.54) is 11.3 Å². The van der Waals surface area contributed by atoms with Crippen molar-refractivity contribution < 1.29 is 4.79 Å². The van der Waals surface area contributed by atoms with Crippen LogP contribution in [-0.4, -0.2) is 15.7 Å². The Kier molecular flexibility index (Phi) is 2.91. The van der Waals surface area contributed by atoms with Crippen LogP contribution in [0.15, 0.2) is 23.0 Å². The molecule has 2 aromatic rings.